The van der Waals surface area contributed by atoms with E-state index in [-0.39, 0.29) is 0 Å². The number of hydrogen-bond acceptors (Lipinski definition) is 2. The Hall–Kier alpha value is -0.760. The van der Waals surface area contributed by atoms with Gasteiger partial charge in [0.2, 0.25) is 0 Å². The van der Waals surface area contributed by atoms with Crippen LogP contribution in [0.4, 0.5) is 5.82 Å². The predicted octanol–water partition coefficient (Wildman–Crippen LogP) is 3.73. The third-order valence-electron chi connectivity index (χ3n) is 3.21. The van der Waals surface area contributed by atoms with E-state index in [1.54, 1.807) is 6.20 Å². The quantitative estimate of drug-likeness (QED) is 0.847. The molecule has 0 spiro atoms. The lowest BCUT2D eigenvalue weighted by Crippen LogP contribution is -2.24. The number of anilines is 1. The molecule has 82 valence electrons. The molecule has 1 fully saturated rings. The van der Waals surface area contributed by atoms with E-state index in [0.717, 1.165) is 11.7 Å². The first-order valence-electron chi connectivity index (χ1n) is 5.64. The minimum absolute atomic E-state index is 0.515. The van der Waals surface area contributed by atoms with Gasteiger partial charge in [-0.05, 0) is 37.8 Å². The fraction of sp³-hybridized carbons (Fsp3) is 0.583. The minimum Gasteiger partial charge on any atom is -0.367 e. The van der Waals surface area contributed by atoms with Crippen LogP contribution < -0.4 is 5.32 Å². The van der Waals surface area contributed by atoms with Crippen LogP contribution in [0.1, 0.15) is 32.6 Å². The summed E-state index contributed by atoms with van der Waals surface area (Å²) in [5.41, 5.74) is 0. The molecule has 1 aromatic rings. The Morgan fingerprint density at radius 1 is 1.40 bits per heavy atom. The van der Waals surface area contributed by atoms with Crippen molar-refractivity contribution in [3.8, 4) is 0 Å². The van der Waals surface area contributed by atoms with E-state index in [1.165, 1.54) is 25.7 Å². The minimum atomic E-state index is 0.515. The maximum Gasteiger partial charge on any atom is 0.126 e. The van der Waals surface area contributed by atoms with Crippen LogP contribution in [0.15, 0.2) is 18.3 Å². The zero-order valence-corrected chi connectivity index (χ0v) is 9.80. The van der Waals surface area contributed by atoms with Crippen molar-refractivity contribution in [2.24, 2.45) is 5.92 Å². The van der Waals surface area contributed by atoms with Gasteiger partial charge in [-0.25, -0.2) is 4.98 Å². The molecule has 1 heterocycles. The second-order valence-corrected chi connectivity index (χ2v) is 4.78. The van der Waals surface area contributed by atoms with Crippen molar-refractivity contribution in [3.05, 3.63) is 23.4 Å². The van der Waals surface area contributed by atoms with Gasteiger partial charge >= 0.3 is 0 Å². The lowest BCUT2D eigenvalue weighted by Gasteiger charge is -2.20. The van der Waals surface area contributed by atoms with E-state index < -0.39 is 0 Å². The summed E-state index contributed by atoms with van der Waals surface area (Å²) in [6.45, 7) is 2.24. The molecule has 3 heteroatoms. The summed E-state index contributed by atoms with van der Waals surface area (Å²) in [5, 5.41) is 4.13. The number of nitrogens with zero attached hydrogens (tertiary/aromatic N) is 1. The Kier molecular flexibility index (Phi) is 3.47. The van der Waals surface area contributed by atoms with Gasteiger partial charge in [0.15, 0.2) is 0 Å². The highest BCUT2D eigenvalue weighted by Gasteiger charge is 2.21. The third-order valence-corrected chi connectivity index (χ3v) is 3.43. The molecule has 0 amide bonds. The summed E-state index contributed by atoms with van der Waals surface area (Å²) in [4.78, 5) is 4.25. The van der Waals surface area contributed by atoms with Gasteiger partial charge in [-0.1, -0.05) is 24.4 Å². The van der Waals surface area contributed by atoms with Gasteiger partial charge in [-0.2, -0.15) is 0 Å². The lowest BCUT2D eigenvalue weighted by molar-refractivity contribution is 0.481. The van der Waals surface area contributed by atoms with Crippen LogP contribution in [0.5, 0.6) is 0 Å². The molecule has 0 aromatic carbocycles. The van der Waals surface area contributed by atoms with Crippen LogP contribution in [0.25, 0.3) is 0 Å². The van der Waals surface area contributed by atoms with Gasteiger partial charge in [-0.15, -0.1) is 0 Å². The van der Waals surface area contributed by atoms with Crippen LogP contribution in [-0.2, 0) is 0 Å². The Morgan fingerprint density at radius 3 is 2.73 bits per heavy atom. The summed E-state index contributed by atoms with van der Waals surface area (Å²) < 4.78 is 0. The number of hydrogen-bond donors (Lipinski definition) is 1. The van der Waals surface area contributed by atoms with E-state index in [9.17, 15) is 0 Å². The maximum atomic E-state index is 5.79. The van der Waals surface area contributed by atoms with Crippen molar-refractivity contribution in [3.63, 3.8) is 0 Å². The molecule has 2 rings (SSSR count). The number of halogens is 1. The lowest BCUT2D eigenvalue weighted by atomic mass is 10.00. The van der Waals surface area contributed by atoms with E-state index in [1.807, 2.05) is 12.1 Å². The average molecular weight is 225 g/mol. The molecule has 1 N–H and O–H groups in total. The molecule has 1 saturated carbocycles. The van der Waals surface area contributed by atoms with Crippen LogP contribution >= 0.6 is 11.6 Å². The summed E-state index contributed by atoms with van der Waals surface area (Å²) in [6.07, 6.45) is 7.14. The number of aromatic nitrogens is 1. The zero-order valence-electron chi connectivity index (χ0n) is 9.04. The first-order valence-corrected chi connectivity index (χ1v) is 6.01. The zero-order chi connectivity index (χ0) is 10.7. The fourth-order valence-corrected chi connectivity index (χ4v) is 2.38. The Balaban J connectivity index is 1.92. The van der Waals surface area contributed by atoms with E-state index >= 15 is 0 Å². The summed E-state index contributed by atoms with van der Waals surface area (Å²) in [6, 6.07) is 4.33. The second-order valence-electron chi connectivity index (χ2n) is 4.34. The number of pyridine rings is 1. The third kappa shape index (κ3) is 2.85. The number of rotatable bonds is 3. The molecule has 1 unspecified atom stereocenters. The predicted molar refractivity (Wildman–Crippen MR) is 64.3 cm³/mol. The van der Waals surface area contributed by atoms with Gasteiger partial charge < -0.3 is 5.32 Å². The molecular formula is C12H17ClN2. The van der Waals surface area contributed by atoms with Crippen LogP contribution in [0.2, 0.25) is 5.02 Å². The molecule has 15 heavy (non-hydrogen) atoms. The molecule has 1 aliphatic rings. The number of nitrogens with one attached hydrogen (secondary N) is 1. The van der Waals surface area contributed by atoms with Gasteiger partial charge in [0.25, 0.3) is 0 Å². The average Bonchev–Trinajstić information content (AvgIpc) is 2.74. The molecule has 0 bridgehead atoms. The van der Waals surface area contributed by atoms with Crippen molar-refractivity contribution >= 4 is 17.4 Å². The molecule has 0 saturated heterocycles. The van der Waals surface area contributed by atoms with Crippen molar-refractivity contribution in [2.75, 3.05) is 5.32 Å². The van der Waals surface area contributed by atoms with Crippen molar-refractivity contribution in [1.29, 1.82) is 0 Å². The van der Waals surface area contributed by atoms with Gasteiger partial charge in [0, 0.05) is 12.2 Å². The van der Waals surface area contributed by atoms with E-state index in [2.05, 4.69) is 17.2 Å². The van der Waals surface area contributed by atoms with Crippen LogP contribution in [-0.4, -0.2) is 11.0 Å². The molecule has 1 atom stereocenters. The molecule has 0 radical (unpaired) electrons. The summed E-state index contributed by atoms with van der Waals surface area (Å²) in [7, 11) is 0. The Morgan fingerprint density at radius 2 is 2.13 bits per heavy atom. The highest BCUT2D eigenvalue weighted by molar-refractivity contribution is 6.30. The monoisotopic (exact) mass is 224 g/mol. The molecule has 1 aromatic heterocycles. The maximum absolute atomic E-state index is 5.79. The SMILES string of the molecule is CC(Nc1ccc(Cl)cn1)C1CCCC1. The van der Waals surface area contributed by atoms with Crippen LogP contribution in [0, 0.1) is 5.92 Å². The molecule has 1 aliphatic carbocycles. The Bertz CT molecular complexity index is 304. The van der Waals surface area contributed by atoms with Crippen LogP contribution in [0.3, 0.4) is 0 Å². The second kappa shape index (κ2) is 4.84. The normalized spacial score (nSPS) is 19.1. The molecular weight excluding hydrogens is 208 g/mol. The molecule has 0 aliphatic heterocycles. The largest absolute Gasteiger partial charge is 0.367 e. The first-order chi connectivity index (χ1) is 7.25. The van der Waals surface area contributed by atoms with Crippen molar-refractivity contribution < 1.29 is 0 Å². The summed E-state index contributed by atoms with van der Waals surface area (Å²) >= 11 is 5.79. The standard InChI is InChI=1S/C12H17ClN2/c1-9(10-4-2-3-5-10)15-12-7-6-11(13)8-14-12/h6-10H,2-5H2,1H3,(H,14,15). The first kappa shape index (κ1) is 10.7. The van der Waals surface area contributed by atoms with E-state index in [0.29, 0.717) is 11.1 Å². The summed E-state index contributed by atoms with van der Waals surface area (Å²) in [5.74, 6) is 1.74. The fourth-order valence-electron chi connectivity index (χ4n) is 2.27. The molecule has 2 nitrogen and oxygen atoms in total. The van der Waals surface area contributed by atoms with Gasteiger partial charge in [0.05, 0.1) is 5.02 Å². The van der Waals surface area contributed by atoms with Crippen molar-refractivity contribution in [2.45, 2.75) is 38.6 Å². The topological polar surface area (TPSA) is 24.9 Å². The van der Waals surface area contributed by atoms with Gasteiger partial charge in [-0.3, -0.25) is 0 Å². The van der Waals surface area contributed by atoms with Gasteiger partial charge in [0.1, 0.15) is 5.82 Å². The van der Waals surface area contributed by atoms with Crippen molar-refractivity contribution in [1.82, 2.24) is 4.98 Å². The highest BCUT2D eigenvalue weighted by atomic mass is 35.5. The smallest absolute Gasteiger partial charge is 0.126 e. The highest BCUT2D eigenvalue weighted by Crippen LogP contribution is 2.28. The Labute approximate surface area is 96.1 Å². The van der Waals surface area contributed by atoms with E-state index in [4.69, 9.17) is 11.6 Å².